The Hall–Kier alpha value is -0.0800. The van der Waals surface area contributed by atoms with Crippen LogP contribution in [0, 0.1) is 11.8 Å². The third kappa shape index (κ3) is 4.46. The van der Waals surface area contributed by atoms with Crippen molar-refractivity contribution in [2.45, 2.75) is 84.2 Å². The van der Waals surface area contributed by atoms with Gasteiger partial charge in [0.05, 0.1) is 0 Å². The monoisotopic (exact) mass is 280 g/mol. The van der Waals surface area contributed by atoms with Gasteiger partial charge in [-0.3, -0.25) is 4.90 Å². The van der Waals surface area contributed by atoms with Crippen LogP contribution in [0.1, 0.15) is 72.1 Å². The number of hydrogen-bond donors (Lipinski definition) is 1. The van der Waals surface area contributed by atoms with Crippen molar-refractivity contribution in [3.63, 3.8) is 0 Å². The number of likely N-dealkylation sites (tertiary alicyclic amines) is 1. The first-order chi connectivity index (χ1) is 9.74. The van der Waals surface area contributed by atoms with E-state index in [9.17, 15) is 0 Å². The maximum Gasteiger partial charge on any atom is 0.0251 e. The van der Waals surface area contributed by atoms with Crippen LogP contribution >= 0.6 is 0 Å². The van der Waals surface area contributed by atoms with Gasteiger partial charge in [-0.05, 0) is 70.0 Å². The highest BCUT2D eigenvalue weighted by molar-refractivity contribution is 4.91. The molecular formula is C18H36N2. The minimum Gasteiger partial charge on any atom is -0.313 e. The molecule has 1 N–H and O–H groups in total. The molecule has 1 aliphatic carbocycles. The highest BCUT2D eigenvalue weighted by Crippen LogP contribution is 2.32. The summed E-state index contributed by atoms with van der Waals surface area (Å²) in [5.41, 5.74) is 0. The Labute approximate surface area is 126 Å². The zero-order valence-electron chi connectivity index (χ0n) is 14.0. The topological polar surface area (TPSA) is 15.3 Å². The van der Waals surface area contributed by atoms with Gasteiger partial charge >= 0.3 is 0 Å². The minimum atomic E-state index is 0.751. The molecule has 0 spiro atoms. The van der Waals surface area contributed by atoms with Crippen LogP contribution in [0.2, 0.25) is 0 Å². The van der Waals surface area contributed by atoms with Crippen molar-refractivity contribution in [1.29, 1.82) is 0 Å². The molecule has 4 atom stereocenters. The summed E-state index contributed by atoms with van der Waals surface area (Å²) in [5, 5.41) is 3.78. The molecule has 4 unspecified atom stereocenters. The fourth-order valence-corrected chi connectivity index (χ4v) is 4.42. The summed E-state index contributed by atoms with van der Waals surface area (Å²) in [5.74, 6) is 1.92. The van der Waals surface area contributed by atoms with Crippen molar-refractivity contribution < 1.29 is 0 Å². The molecule has 2 fully saturated rings. The van der Waals surface area contributed by atoms with E-state index in [0.29, 0.717) is 0 Å². The molecule has 2 rings (SSSR count). The van der Waals surface area contributed by atoms with Crippen LogP contribution in [-0.4, -0.2) is 36.6 Å². The third-order valence-corrected chi connectivity index (χ3v) is 5.61. The van der Waals surface area contributed by atoms with E-state index in [1.165, 1.54) is 64.5 Å². The molecule has 0 aromatic carbocycles. The van der Waals surface area contributed by atoms with E-state index in [-0.39, 0.29) is 0 Å². The molecule has 0 bridgehead atoms. The Bertz CT molecular complexity index is 266. The van der Waals surface area contributed by atoms with E-state index in [2.05, 4.69) is 31.0 Å². The average Bonchev–Trinajstić information content (AvgIpc) is 2.66. The first-order valence-corrected chi connectivity index (χ1v) is 9.22. The third-order valence-electron chi connectivity index (χ3n) is 5.61. The van der Waals surface area contributed by atoms with Crippen LogP contribution in [-0.2, 0) is 0 Å². The van der Waals surface area contributed by atoms with E-state index in [4.69, 9.17) is 0 Å². The maximum atomic E-state index is 3.78. The highest BCUT2D eigenvalue weighted by Gasteiger charge is 2.34. The van der Waals surface area contributed by atoms with Gasteiger partial charge in [-0.15, -0.1) is 0 Å². The minimum absolute atomic E-state index is 0.751. The van der Waals surface area contributed by atoms with Crippen LogP contribution in [0.15, 0.2) is 0 Å². The Balaban J connectivity index is 1.97. The van der Waals surface area contributed by atoms with E-state index in [0.717, 1.165) is 30.5 Å². The van der Waals surface area contributed by atoms with Crippen molar-refractivity contribution in [2.24, 2.45) is 11.8 Å². The first kappa shape index (κ1) is 16.3. The SMILES string of the molecule is CCCC1CCC(NCC)C(N2CCCC(C)CC2)C1. The summed E-state index contributed by atoms with van der Waals surface area (Å²) in [6, 6.07) is 1.56. The van der Waals surface area contributed by atoms with E-state index in [1.807, 2.05) is 0 Å². The Morgan fingerprint density at radius 2 is 1.90 bits per heavy atom. The molecule has 118 valence electrons. The second kappa shape index (κ2) is 8.38. The smallest absolute Gasteiger partial charge is 0.0251 e. The van der Waals surface area contributed by atoms with Gasteiger partial charge in [0.15, 0.2) is 0 Å². The Morgan fingerprint density at radius 3 is 2.65 bits per heavy atom. The predicted molar refractivity (Wildman–Crippen MR) is 88.1 cm³/mol. The van der Waals surface area contributed by atoms with E-state index in [1.54, 1.807) is 0 Å². The van der Waals surface area contributed by atoms with Crippen LogP contribution < -0.4 is 5.32 Å². The summed E-state index contributed by atoms with van der Waals surface area (Å²) in [6.07, 6.45) is 11.4. The number of rotatable bonds is 5. The Morgan fingerprint density at radius 1 is 1.05 bits per heavy atom. The highest BCUT2D eigenvalue weighted by atomic mass is 15.2. The van der Waals surface area contributed by atoms with Crippen molar-refractivity contribution in [3.8, 4) is 0 Å². The molecule has 2 aliphatic rings. The molecular weight excluding hydrogens is 244 g/mol. The molecule has 1 heterocycles. The summed E-state index contributed by atoms with van der Waals surface area (Å²) in [4.78, 5) is 2.85. The lowest BCUT2D eigenvalue weighted by atomic mass is 9.79. The van der Waals surface area contributed by atoms with E-state index < -0.39 is 0 Å². The van der Waals surface area contributed by atoms with Gasteiger partial charge in [0, 0.05) is 12.1 Å². The largest absolute Gasteiger partial charge is 0.313 e. The summed E-state index contributed by atoms with van der Waals surface area (Å²) >= 11 is 0. The zero-order valence-corrected chi connectivity index (χ0v) is 14.0. The summed E-state index contributed by atoms with van der Waals surface area (Å²) in [6.45, 7) is 10.9. The quantitative estimate of drug-likeness (QED) is 0.817. The molecule has 1 saturated carbocycles. The molecule has 0 aromatic heterocycles. The van der Waals surface area contributed by atoms with Gasteiger partial charge in [-0.2, -0.15) is 0 Å². The van der Waals surface area contributed by atoms with Crippen molar-refractivity contribution in [1.82, 2.24) is 10.2 Å². The van der Waals surface area contributed by atoms with Crippen molar-refractivity contribution >= 4 is 0 Å². The van der Waals surface area contributed by atoms with Gasteiger partial charge in [0.2, 0.25) is 0 Å². The first-order valence-electron chi connectivity index (χ1n) is 9.22. The fourth-order valence-electron chi connectivity index (χ4n) is 4.42. The normalized spacial score (nSPS) is 36.8. The molecule has 20 heavy (non-hydrogen) atoms. The maximum absolute atomic E-state index is 3.78. The molecule has 1 saturated heterocycles. The molecule has 2 nitrogen and oxygen atoms in total. The molecule has 0 amide bonds. The molecule has 1 aliphatic heterocycles. The Kier molecular flexibility index (Phi) is 6.83. The fraction of sp³-hybridized carbons (Fsp3) is 1.00. The van der Waals surface area contributed by atoms with Crippen LogP contribution in [0.5, 0.6) is 0 Å². The predicted octanol–water partition coefficient (Wildman–Crippen LogP) is 4.06. The van der Waals surface area contributed by atoms with Gasteiger partial charge in [0.25, 0.3) is 0 Å². The summed E-state index contributed by atoms with van der Waals surface area (Å²) in [7, 11) is 0. The second-order valence-electron chi connectivity index (χ2n) is 7.27. The second-order valence-corrected chi connectivity index (χ2v) is 7.27. The van der Waals surface area contributed by atoms with Gasteiger partial charge in [-0.1, -0.05) is 33.6 Å². The van der Waals surface area contributed by atoms with Gasteiger partial charge < -0.3 is 5.32 Å². The van der Waals surface area contributed by atoms with Crippen LogP contribution in [0.4, 0.5) is 0 Å². The zero-order chi connectivity index (χ0) is 14.4. The lowest BCUT2D eigenvalue weighted by Crippen LogP contribution is -2.53. The average molecular weight is 281 g/mol. The molecule has 0 radical (unpaired) electrons. The number of hydrogen-bond acceptors (Lipinski definition) is 2. The van der Waals surface area contributed by atoms with E-state index >= 15 is 0 Å². The number of nitrogens with zero attached hydrogens (tertiary/aromatic N) is 1. The van der Waals surface area contributed by atoms with Crippen molar-refractivity contribution in [2.75, 3.05) is 19.6 Å². The van der Waals surface area contributed by atoms with Crippen LogP contribution in [0.25, 0.3) is 0 Å². The molecule has 0 aromatic rings. The van der Waals surface area contributed by atoms with Crippen molar-refractivity contribution in [3.05, 3.63) is 0 Å². The standard InChI is InChI=1S/C18H36N2/c1-4-7-16-9-10-17(19-5-2)18(14-16)20-12-6-8-15(3)11-13-20/h15-19H,4-14H2,1-3H3. The summed E-state index contributed by atoms with van der Waals surface area (Å²) < 4.78 is 0. The number of likely N-dealkylation sites (N-methyl/N-ethyl adjacent to an activating group) is 1. The molecule has 2 heteroatoms. The number of nitrogens with one attached hydrogen (secondary N) is 1. The van der Waals surface area contributed by atoms with Gasteiger partial charge in [-0.25, -0.2) is 0 Å². The van der Waals surface area contributed by atoms with Crippen LogP contribution in [0.3, 0.4) is 0 Å². The van der Waals surface area contributed by atoms with Gasteiger partial charge in [0.1, 0.15) is 0 Å². The lowest BCUT2D eigenvalue weighted by molar-refractivity contribution is 0.0965. The lowest BCUT2D eigenvalue weighted by Gasteiger charge is -2.43.